The van der Waals surface area contributed by atoms with Gasteiger partial charge in [0.05, 0.1) is 18.6 Å². The standard InChI is InChI=1S/C13H15NO5/c1-4-18-13(17)10-6(2)11(14-7(10)3)8-5-9(15)19-12(8)16/h8,14H,4-5H2,1-3H3. The molecule has 19 heavy (non-hydrogen) atoms. The molecule has 2 rings (SSSR count). The van der Waals surface area contributed by atoms with Gasteiger partial charge in [0.25, 0.3) is 0 Å². The molecule has 1 aliphatic rings. The molecule has 1 unspecified atom stereocenters. The van der Waals surface area contributed by atoms with Crippen LogP contribution in [0.5, 0.6) is 0 Å². The van der Waals surface area contributed by atoms with Gasteiger partial charge in [-0.2, -0.15) is 0 Å². The van der Waals surface area contributed by atoms with E-state index in [1.54, 1.807) is 20.8 Å². The van der Waals surface area contributed by atoms with Crippen LogP contribution >= 0.6 is 0 Å². The first kappa shape index (κ1) is 13.3. The van der Waals surface area contributed by atoms with E-state index in [2.05, 4.69) is 9.72 Å². The molecule has 1 saturated heterocycles. The van der Waals surface area contributed by atoms with Crippen molar-refractivity contribution in [2.75, 3.05) is 6.61 Å². The molecule has 6 heteroatoms. The highest BCUT2D eigenvalue weighted by atomic mass is 16.6. The molecule has 6 nitrogen and oxygen atoms in total. The Balaban J connectivity index is 2.39. The summed E-state index contributed by atoms with van der Waals surface area (Å²) in [6.45, 7) is 5.46. The van der Waals surface area contributed by atoms with Gasteiger partial charge in [0.1, 0.15) is 5.92 Å². The molecule has 1 aromatic rings. The lowest BCUT2D eigenvalue weighted by molar-refractivity contribution is -0.152. The largest absolute Gasteiger partial charge is 0.462 e. The topological polar surface area (TPSA) is 85.5 Å². The van der Waals surface area contributed by atoms with Crippen molar-refractivity contribution in [3.63, 3.8) is 0 Å². The van der Waals surface area contributed by atoms with Crippen molar-refractivity contribution >= 4 is 17.9 Å². The SMILES string of the molecule is CCOC(=O)c1c(C)[nH]c(C2CC(=O)OC2=O)c1C. The van der Waals surface area contributed by atoms with E-state index in [4.69, 9.17) is 4.74 Å². The normalized spacial score (nSPS) is 18.6. The molecule has 1 atom stereocenters. The van der Waals surface area contributed by atoms with Gasteiger partial charge < -0.3 is 14.5 Å². The molecular formula is C13H15NO5. The highest BCUT2D eigenvalue weighted by Crippen LogP contribution is 2.32. The Morgan fingerprint density at radius 3 is 2.63 bits per heavy atom. The van der Waals surface area contributed by atoms with Gasteiger partial charge in [-0.3, -0.25) is 9.59 Å². The smallest absolute Gasteiger partial charge is 0.340 e. The Kier molecular flexibility index (Phi) is 3.42. The summed E-state index contributed by atoms with van der Waals surface area (Å²) in [4.78, 5) is 37.5. The second kappa shape index (κ2) is 4.87. The summed E-state index contributed by atoms with van der Waals surface area (Å²) < 4.78 is 9.50. The van der Waals surface area contributed by atoms with E-state index in [-0.39, 0.29) is 13.0 Å². The number of carbonyl (C=O) groups excluding carboxylic acids is 3. The Hall–Kier alpha value is -2.11. The van der Waals surface area contributed by atoms with Crippen molar-refractivity contribution in [3.8, 4) is 0 Å². The van der Waals surface area contributed by atoms with E-state index < -0.39 is 23.8 Å². The average Bonchev–Trinajstić information content (AvgIpc) is 2.79. The molecule has 2 heterocycles. The van der Waals surface area contributed by atoms with E-state index in [1.165, 1.54) is 0 Å². The van der Waals surface area contributed by atoms with Crippen LogP contribution in [-0.4, -0.2) is 29.5 Å². The summed E-state index contributed by atoms with van der Waals surface area (Å²) in [5, 5.41) is 0. The number of nitrogens with one attached hydrogen (secondary N) is 1. The Morgan fingerprint density at radius 2 is 2.11 bits per heavy atom. The number of aryl methyl sites for hydroxylation is 1. The first-order chi connectivity index (χ1) is 8.95. The Bertz CT molecular complexity index is 558. The fourth-order valence-electron chi connectivity index (χ4n) is 2.33. The first-order valence-electron chi connectivity index (χ1n) is 6.06. The van der Waals surface area contributed by atoms with Crippen LogP contribution in [0.2, 0.25) is 0 Å². The van der Waals surface area contributed by atoms with E-state index in [1.807, 2.05) is 0 Å². The number of rotatable bonds is 3. The molecular weight excluding hydrogens is 250 g/mol. The van der Waals surface area contributed by atoms with Crippen molar-refractivity contribution in [2.24, 2.45) is 0 Å². The van der Waals surface area contributed by atoms with Crippen molar-refractivity contribution in [3.05, 3.63) is 22.5 Å². The van der Waals surface area contributed by atoms with Crippen LogP contribution in [0.4, 0.5) is 0 Å². The quantitative estimate of drug-likeness (QED) is 0.659. The molecule has 1 fully saturated rings. The van der Waals surface area contributed by atoms with Crippen molar-refractivity contribution in [2.45, 2.75) is 33.1 Å². The Morgan fingerprint density at radius 1 is 1.42 bits per heavy atom. The highest BCUT2D eigenvalue weighted by Gasteiger charge is 2.38. The number of H-pyrrole nitrogens is 1. The van der Waals surface area contributed by atoms with Crippen molar-refractivity contribution < 1.29 is 23.9 Å². The van der Waals surface area contributed by atoms with E-state index in [0.29, 0.717) is 22.5 Å². The predicted octanol–water partition coefficient (Wildman–Crippen LogP) is 1.37. The van der Waals surface area contributed by atoms with Crippen LogP contribution in [0, 0.1) is 13.8 Å². The Labute approximate surface area is 110 Å². The fourth-order valence-corrected chi connectivity index (χ4v) is 2.33. The number of esters is 3. The molecule has 0 aliphatic carbocycles. The van der Waals surface area contributed by atoms with Crippen LogP contribution in [0.1, 0.15) is 46.6 Å². The predicted molar refractivity (Wildman–Crippen MR) is 64.7 cm³/mol. The molecule has 102 valence electrons. The molecule has 0 amide bonds. The van der Waals surface area contributed by atoms with Crippen LogP contribution < -0.4 is 0 Å². The zero-order chi connectivity index (χ0) is 14.2. The maximum atomic E-state index is 11.8. The second-order valence-electron chi connectivity index (χ2n) is 4.43. The zero-order valence-corrected chi connectivity index (χ0v) is 11.0. The third kappa shape index (κ3) is 2.25. The van der Waals surface area contributed by atoms with Gasteiger partial charge in [0.15, 0.2) is 0 Å². The number of cyclic esters (lactones) is 2. The van der Waals surface area contributed by atoms with Gasteiger partial charge in [-0.15, -0.1) is 0 Å². The summed E-state index contributed by atoms with van der Waals surface area (Å²) in [6.07, 6.45) is 0.00188. The molecule has 0 saturated carbocycles. The lowest BCUT2D eigenvalue weighted by Gasteiger charge is -2.05. The van der Waals surface area contributed by atoms with E-state index in [0.717, 1.165) is 0 Å². The van der Waals surface area contributed by atoms with E-state index >= 15 is 0 Å². The fraction of sp³-hybridized carbons (Fsp3) is 0.462. The minimum atomic E-state index is -0.658. The van der Waals surface area contributed by atoms with Crippen molar-refractivity contribution in [1.29, 1.82) is 0 Å². The van der Waals surface area contributed by atoms with Crippen LogP contribution in [-0.2, 0) is 19.1 Å². The number of ether oxygens (including phenoxy) is 2. The maximum Gasteiger partial charge on any atom is 0.340 e. The number of hydrogen-bond donors (Lipinski definition) is 1. The minimum absolute atomic E-state index is 0.00188. The van der Waals surface area contributed by atoms with Gasteiger partial charge in [-0.1, -0.05) is 0 Å². The van der Waals surface area contributed by atoms with Gasteiger partial charge >= 0.3 is 17.9 Å². The molecule has 1 N–H and O–H groups in total. The van der Waals surface area contributed by atoms with Crippen molar-refractivity contribution in [1.82, 2.24) is 4.98 Å². The summed E-state index contributed by atoms with van der Waals surface area (Å²) in [5.74, 6) is -2.21. The minimum Gasteiger partial charge on any atom is -0.462 e. The average molecular weight is 265 g/mol. The molecule has 1 aromatic heterocycles. The lowest BCUT2D eigenvalue weighted by Crippen LogP contribution is -2.09. The number of aromatic nitrogens is 1. The van der Waals surface area contributed by atoms with Gasteiger partial charge in [0.2, 0.25) is 0 Å². The van der Waals surface area contributed by atoms with Crippen LogP contribution in [0.15, 0.2) is 0 Å². The molecule has 1 aliphatic heterocycles. The highest BCUT2D eigenvalue weighted by molar-refractivity contribution is 5.99. The number of hydrogen-bond acceptors (Lipinski definition) is 5. The maximum absolute atomic E-state index is 11.8. The summed E-state index contributed by atoms with van der Waals surface area (Å²) in [7, 11) is 0. The zero-order valence-electron chi connectivity index (χ0n) is 11.0. The number of carbonyl (C=O) groups is 3. The van der Waals surface area contributed by atoms with Gasteiger partial charge in [0, 0.05) is 11.4 Å². The summed E-state index contributed by atoms with van der Waals surface area (Å²) in [5.41, 5.74) is 2.23. The third-order valence-corrected chi connectivity index (χ3v) is 3.17. The third-order valence-electron chi connectivity index (χ3n) is 3.17. The van der Waals surface area contributed by atoms with Crippen LogP contribution in [0.25, 0.3) is 0 Å². The van der Waals surface area contributed by atoms with E-state index in [9.17, 15) is 14.4 Å². The second-order valence-corrected chi connectivity index (χ2v) is 4.43. The number of aromatic amines is 1. The first-order valence-corrected chi connectivity index (χ1v) is 6.06. The lowest BCUT2D eigenvalue weighted by atomic mass is 9.99. The monoisotopic (exact) mass is 265 g/mol. The van der Waals surface area contributed by atoms with Crippen LogP contribution in [0.3, 0.4) is 0 Å². The summed E-state index contributed by atoms with van der Waals surface area (Å²) >= 11 is 0. The molecule has 0 radical (unpaired) electrons. The van der Waals surface area contributed by atoms with Gasteiger partial charge in [-0.25, -0.2) is 4.79 Å². The summed E-state index contributed by atoms with van der Waals surface area (Å²) in [6, 6.07) is 0. The van der Waals surface area contributed by atoms with Gasteiger partial charge in [-0.05, 0) is 26.3 Å². The molecule has 0 bridgehead atoms. The molecule has 0 spiro atoms. The molecule has 0 aromatic carbocycles.